The van der Waals surface area contributed by atoms with Crippen LogP contribution < -0.4 is 5.32 Å². The van der Waals surface area contributed by atoms with Crippen molar-refractivity contribution >= 4 is 5.69 Å². The topological polar surface area (TPSA) is 15.3 Å². The van der Waals surface area contributed by atoms with Crippen molar-refractivity contribution in [2.24, 2.45) is 0 Å². The third-order valence-electron chi connectivity index (χ3n) is 3.38. The van der Waals surface area contributed by atoms with E-state index in [2.05, 4.69) is 11.4 Å². The summed E-state index contributed by atoms with van der Waals surface area (Å²) in [5.41, 5.74) is 2.23. The van der Waals surface area contributed by atoms with Crippen LogP contribution >= 0.6 is 0 Å². The van der Waals surface area contributed by atoms with E-state index in [4.69, 9.17) is 0 Å². The molecule has 5 heteroatoms. The maximum absolute atomic E-state index is 12.3. The molecular weight excluding hydrogens is 277 g/mol. The highest BCUT2D eigenvalue weighted by molar-refractivity contribution is 5.46. The Morgan fingerprint density at radius 2 is 1.81 bits per heavy atom. The highest BCUT2D eigenvalue weighted by Gasteiger charge is 2.32. The van der Waals surface area contributed by atoms with Crippen molar-refractivity contribution < 1.29 is 13.2 Å². The first-order valence-electron chi connectivity index (χ1n) is 7.55. The number of hydrogen-bond acceptors (Lipinski definition) is 2. The summed E-state index contributed by atoms with van der Waals surface area (Å²) in [6.45, 7) is 6.24. The summed E-state index contributed by atoms with van der Waals surface area (Å²) in [6, 6.07) is 8.33. The van der Waals surface area contributed by atoms with Crippen molar-refractivity contribution in [1.82, 2.24) is 4.90 Å². The summed E-state index contributed by atoms with van der Waals surface area (Å²) in [4.78, 5) is 1.48. The zero-order chi connectivity index (χ0) is 15.9. The van der Waals surface area contributed by atoms with E-state index < -0.39 is 12.7 Å². The molecule has 2 rings (SSSR count). The molecule has 0 aliphatic carbocycles. The van der Waals surface area contributed by atoms with Gasteiger partial charge in [0, 0.05) is 24.8 Å². The molecule has 0 unspecified atom stereocenters. The molecule has 2 nitrogen and oxygen atoms in total. The average molecular weight is 302 g/mol. The molecule has 0 aromatic heterocycles. The van der Waals surface area contributed by atoms with Crippen LogP contribution in [0.2, 0.25) is 0 Å². The van der Waals surface area contributed by atoms with Crippen LogP contribution in [-0.4, -0.2) is 36.8 Å². The molecule has 1 aromatic carbocycles. The Morgan fingerprint density at radius 3 is 2.33 bits per heavy atom. The Balaban J connectivity index is 0.00000106. The lowest BCUT2D eigenvalue weighted by Crippen LogP contribution is -2.43. The standard InChI is InChI=1S/C14H19F3N2.C2H6/c1-11-3-2-4-13(9-11)18-12-5-7-19(8-6-12)10-14(15,16)17;1-2/h2-4,9,12,18H,5-8,10H2,1H3;1-2H3. The summed E-state index contributed by atoms with van der Waals surface area (Å²) in [7, 11) is 0. The third-order valence-corrected chi connectivity index (χ3v) is 3.38. The van der Waals surface area contributed by atoms with Crippen molar-refractivity contribution in [2.75, 3.05) is 25.0 Å². The van der Waals surface area contributed by atoms with Gasteiger partial charge < -0.3 is 5.32 Å². The van der Waals surface area contributed by atoms with Gasteiger partial charge in [-0.1, -0.05) is 26.0 Å². The first-order valence-corrected chi connectivity index (χ1v) is 7.55. The predicted octanol–water partition coefficient (Wildman–Crippen LogP) is 4.46. The number of halogens is 3. The van der Waals surface area contributed by atoms with Crippen LogP contribution in [0.4, 0.5) is 18.9 Å². The Hall–Kier alpha value is -1.23. The van der Waals surface area contributed by atoms with E-state index in [1.807, 2.05) is 39.0 Å². The van der Waals surface area contributed by atoms with Crippen molar-refractivity contribution in [3.8, 4) is 0 Å². The molecule has 0 atom stereocenters. The molecule has 1 heterocycles. The Bertz CT molecular complexity index is 410. The van der Waals surface area contributed by atoms with Gasteiger partial charge in [-0.3, -0.25) is 4.90 Å². The van der Waals surface area contributed by atoms with E-state index in [9.17, 15) is 13.2 Å². The molecule has 1 aliphatic heterocycles. The van der Waals surface area contributed by atoms with Gasteiger partial charge in [-0.25, -0.2) is 0 Å². The predicted molar refractivity (Wildman–Crippen MR) is 81.7 cm³/mol. The summed E-state index contributed by atoms with van der Waals surface area (Å²) in [5.74, 6) is 0. The fourth-order valence-corrected chi connectivity index (χ4v) is 2.46. The van der Waals surface area contributed by atoms with E-state index in [0.29, 0.717) is 13.1 Å². The number of alkyl halides is 3. The minimum absolute atomic E-state index is 0.270. The van der Waals surface area contributed by atoms with E-state index >= 15 is 0 Å². The van der Waals surface area contributed by atoms with Crippen molar-refractivity contribution in [1.29, 1.82) is 0 Å². The maximum Gasteiger partial charge on any atom is 0.401 e. The van der Waals surface area contributed by atoms with Crippen LogP contribution in [0, 0.1) is 6.92 Å². The van der Waals surface area contributed by atoms with Gasteiger partial charge in [0.1, 0.15) is 0 Å². The number of rotatable bonds is 3. The van der Waals surface area contributed by atoms with Crippen molar-refractivity contribution in [3.05, 3.63) is 29.8 Å². The number of aryl methyl sites for hydroxylation is 1. The van der Waals surface area contributed by atoms with Crippen LogP contribution in [0.25, 0.3) is 0 Å². The fourth-order valence-electron chi connectivity index (χ4n) is 2.46. The number of piperidine rings is 1. The summed E-state index contributed by atoms with van der Waals surface area (Å²) in [5, 5.41) is 3.40. The molecule has 21 heavy (non-hydrogen) atoms. The molecule has 0 bridgehead atoms. The number of anilines is 1. The van der Waals surface area contributed by atoms with Crippen LogP contribution in [0.3, 0.4) is 0 Å². The molecule has 0 radical (unpaired) electrons. The van der Waals surface area contributed by atoms with E-state index in [0.717, 1.165) is 18.5 Å². The van der Waals surface area contributed by atoms with Crippen LogP contribution in [0.15, 0.2) is 24.3 Å². The minimum atomic E-state index is -4.09. The van der Waals surface area contributed by atoms with E-state index in [1.165, 1.54) is 10.5 Å². The molecule has 0 amide bonds. The van der Waals surface area contributed by atoms with Crippen molar-refractivity contribution in [2.45, 2.75) is 45.8 Å². The summed E-state index contributed by atoms with van der Waals surface area (Å²) in [6.07, 6.45) is -2.58. The number of nitrogens with one attached hydrogen (secondary N) is 1. The first-order chi connectivity index (χ1) is 9.92. The molecule has 0 saturated carbocycles. The van der Waals surface area contributed by atoms with Crippen LogP contribution in [0.1, 0.15) is 32.3 Å². The molecule has 0 spiro atoms. The fraction of sp³-hybridized carbons (Fsp3) is 0.625. The highest BCUT2D eigenvalue weighted by Crippen LogP contribution is 2.21. The lowest BCUT2D eigenvalue weighted by molar-refractivity contribution is -0.147. The maximum atomic E-state index is 12.3. The molecule has 120 valence electrons. The minimum Gasteiger partial charge on any atom is -0.382 e. The number of likely N-dealkylation sites (tertiary alicyclic amines) is 1. The van der Waals surface area contributed by atoms with Gasteiger partial charge in [0.25, 0.3) is 0 Å². The second-order valence-electron chi connectivity index (χ2n) is 5.18. The lowest BCUT2D eigenvalue weighted by Gasteiger charge is -2.33. The van der Waals surface area contributed by atoms with Crippen LogP contribution in [0.5, 0.6) is 0 Å². The number of benzene rings is 1. The lowest BCUT2D eigenvalue weighted by atomic mass is 10.0. The van der Waals surface area contributed by atoms with Gasteiger partial charge in [0.2, 0.25) is 0 Å². The largest absolute Gasteiger partial charge is 0.401 e. The van der Waals surface area contributed by atoms with Crippen LogP contribution in [-0.2, 0) is 0 Å². The zero-order valence-electron chi connectivity index (χ0n) is 13.0. The molecular formula is C16H25F3N2. The monoisotopic (exact) mass is 302 g/mol. The third kappa shape index (κ3) is 6.85. The van der Waals surface area contributed by atoms with Gasteiger partial charge in [0.05, 0.1) is 6.54 Å². The average Bonchev–Trinajstić information content (AvgIpc) is 2.42. The van der Waals surface area contributed by atoms with E-state index in [1.54, 1.807) is 0 Å². The van der Waals surface area contributed by atoms with E-state index in [-0.39, 0.29) is 6.04 Å². The Kier molecular flexibility index (Phi) is 7.02. The second-order valence-corrected chi connectivity index (χ2v) is 5.18. The van der Waals surface area contributed by atoms with Crippen molar-refractivity contribution in [3.63, 3.8) is 0 Å². The zero-order valence-corrected chi connectivity index (χ0v) is 13.0. The molecule has 1 fully saturated rings. The molecule has 1 saturated heterocycles. The van der Waals surface area contributed by atoms with Gasteiger partial charge in [-0.15, -0.1) is 0 Å². The smallest absolute Gasteiger partial charge is 0.382 e. The SMILES string of the molecule is CC.Cc1cccc(NC2CCN(CC(F)(F)F)CC2)c1. The first kappa shape index (κ1) is 17.8. The summed E-state index contributed by atoms with van der Waals surface area (Å²) < 4.78 is 36.8. The quantitative estimate of drug-likeness (QED) is 0.887. The number of nitrogens with zero attached hydrogens (tertiary/aromatic N) is 1. The summed E-state index contributed by atoms with van der Waals surface area (Å²) >= 11 is 0. The van der Waals surface area contributed by atoms with Gasteiger partial charge >= 0.3 is 6.18 Å². The second kappa shape index (κ2) is 8.27. The Morgan fingerprint density at radius 1 is 1.19 bits per heavy atom. The molecule has 1 aromatic rings. The number of hydrogen-bond donors (Lipinski definition) is 1. The van der Waals surface area contributed by atoms with Gasteiger partial charge in [-0.05, 0) is 37.5 Å². The molecule has 1 aliphatic rings. The molecule has 1 N–H and O–H groups in total. The Labute approximate surface area is 125 Å². The van der Waals surface area contributed by atoms with Gasteiger partial charge in [-0.2, -0.15) is 13.2 Å². The van der Waals surface area contributed by atoms with Gasteiger partial charge in [0.15, 0.2) is 0 Å². The highest BCUT2D eigenvalue weighted by atomic mass is 19.4. The normalized spacial score (nSPS) is 17.0.